The van der Waals surface area contributed by atoms with Gasteiger partial charge in [0.2, 0.25) is 0 Å². The molecule has 0 N–H and O–H groups in total. The zero-order chi connectivity index (χ0) is 12.8. The largest absolute Gasteiger partial charge is 0.375 e. The number of rotatable bonds is 1. The smallest absolute Gasteiger partial charge is 0.0609 e. The predicted molar refractivity (Wildman–Crippen MR) is 73.1 cm³/mol. The average Bonchev–Trinajstić information content (AvgIpc) is 2.39. The molecule has 0 radical (unpaired) electrons. The Kier molecular flexibility index (Phi) is 2.16. The minimum Gasteiger partial charge on any atom is -0.375 e. The lowest BCUT2D eigenvalue weighted by atomic mass is 9.76. The van der Waals surface area contributed by atoms with Crippen LogP contribution in [-0.4, -0.2) is 58.6 Å². The number of piperidine rings is 4. The molecule has 0 aromatic heterocycles. The number of hydrogen-bond donors (Lipinski definition) is 0. The van der Waals surface area contributed by atoms with E-state index in [2.05, 4.69) is 10.0 Å². The van der Waals surface area contributed by atoms with Crippen LogP contribution in [0.15, 0.2) is 0 Å². The molecule has 0 aliphatic carbocycles. The van der Waals surface area contributed by atoms with Crippen molar-refractivity contribution < 1.29 is 9.47 Å². The molecule has 8 aliphatic rings. The van der Waals surface area contributed by atoms with Crippen LogP contribution in [0.2, 0.25) is 0 Å². The fourth-order valence-corrected chi connectivity index (χ4v) is 6.40. The molecule has 0 spiro atoms. The molecule has 8 fully saturated rings. The van der Waals surface area contributed by atoms with E-state index in [0.717, 1.165) is 24.2 Å². The van der Waals surface area contributed by atoms with E-state index in [0.29, 0.717) is 24.4 Å². The molecule has 0 atom stereocenters. The topological polar surface area (TPSA) is 24.9 Å². The Labute approximate surface area is 120 Å². The van der Waals surface area contributed by atoms with Crippen LogP contribution >= 0.6 is 0 Å². The van der Waals surface area contributed by atoms with Crippen molar-refractivity contribution in [1.29, 1.82) is 0 Å². The van der Waals surface area contributed by atoms with Gasteiger partial charge in [-0.25, -0.2) is 10.0 Å². The van der Waals surface area contributed by atoms with Gasteiger partial charge in [0, 0.05) is 24.2 Å². The maximum atomic E-state index is 6.11. The molecular formula is C16H24N2O2. The first-order valence-electron chi connectivity index (χ1n) is 8.71. The third kappa shape index (κ3) is 1.41. The zero-order valence-electron chi connectivity index (χ0n) is 12.0. The Bertz CT molecular complexity index is 344. The third-order valence-corrected chi connectivity index (χ3v) is 6.81. The maximum absolute atomic E-state index is 6.11. The molecule has 110 valence electrons. The number of hydrazine groups is 1. The second-order valence-electron chi connectivity index (χ2n) is 8.02. The van der Waals surface area contributed by atoms with Gasteiger partial charge in [-0.1, -0.05) is 0 Å². The van der Waals surface area contributed by atoms with Crippen molar-refractivity contribution in [1.82, 2.24) is 10.0 Å². The molecule has 8 aliphatic heterocycles. The van der Waals surface area contributed by atoms with Crippen LogP contribution in [0, 0.1) is 0 Å². The van der Waals surface area contributed by atoms with Gasteiger partial charge in [0.05, 0.1) is 24.4 Å². The molecule has 0 aromatic rings. The second kappa shape index (κ2) is 3.78. The van der Waals surface area contributed by atoms with Gasteiger partial charge in [0.1, 0.15) is 0 Å². The van der Waals surface area contributed by atoms with Crippen molar-refractivity contribution in [2.75, 3.05) is 0 Å². The van der Waals surface area contributed by atoms with E-state index >= 15 is 0 Å². The van der Waals surface area contributed by atoms with Crippen LogP contribution in [0.5, 0.6) is 0 Å². The van der Waals surface area contributed by atoms with Gasteiger partial charge in [0.15, 0.2) is 0 Å². The maximum Gasteiger partial charge on any atom is 0.0609 e. The SMILES string of the molecule is C1C2CC3CC(CC1N3N1C3CC4CC1CC(C3)O4)O2. The molecule has 0 saturated carbocycles. The monoisotopic (exact) mass is 276 g/mol. The molecule has 0 amide bonds. The quantitative estimate of drug-likeness (QED) is 0.727. The minimum absolute atomic E-state index is 0.579. The number of nitrogens with zero attached hydrogens (tertiary/aromatic N) is 2. The Morgan fingerprint density at radius 1 is 0.450 bits per heavy atom. The second-order valence-corrected chi connectivity index (χ2v) is 8.02. The molecule has 8 rings (SSSR count). The van der Waals surface area contributed by atoms with Gasteiger partial charge < -0.3 is 9.47 Å². The molecule has 4 heteroatoms. The van der Waals surface area contributed by atoms with Crippen LogP contribution in [0.25, 0.3) is 0 Å². The van der Waals surface area contributed by atoms with E-state index in [9.17, 15) is 0 Å². The number of hydrogen-bond acceptors (Lipinski definition) is 4. The van der Waals surface area contributed by atoms with Gasteiger partial charge in [-0.15, -0.1) is 0 Å². The normalized spacial score (nSPS) is 60.6. The standard InChI is InChI=1S/C16H24N2O2/c1-9-2-14-4-10(3-13(1)19-14)17(9)18-11-5-15-7-12(18)8-16(6-11)20-15/h9-16H,1-8H2. The van der Waals surface area contributed by atoms with Gasteiger partial charge in [-0.3, -0.25) is 0 Å². The van der Waals surface area contributed by atoms with Crippen LogP contribution < -0.4 is 0 Å². The average molecular weight is 276 g/mol. The molecule has 4 nitrogen and oxygen atoms in total. The summed E-state index contributed by atoms with van der Waals surface area (Å²) in [6.45, 7) is 0. The Morgan fingerprint density at radius 3 is 0.950 bits per heavy atom. The first-order valence-corrected chi connectivity index (χ1v) is 8.71. The predicted octanol–water partition coefficient (Wildman–Crippen LogP) is 1.69. The summed E-state index contributed by atoms with van der Waals surface area (Å²) in [5, 5.41) is 5.73. The number of ether oxygens (including phenoxy) is 2. The highest BCUT2D eigenvalue weighted by atomic mass is 16.5. The van der Waals surface area contributed by atoms with Crippen LogP contribution in [0.3, 0.4) is 0 Å². The highest BCUT2D eigenvalue weighted by Crippen LogP contribution is 2.49. The Hall–Kier alpha value is -0.160. The van der Waals surface area contributed by atoms with Crippen LogP contribution in [0.1, 0.15) is 51.4 Å². The lowest BCUT2D eigenvalue weighted by Crippen LogP contribution is -2.74. The molecule has 0 aromatic carbocycles. The van der Waals surface area contributed by atoms with Crippen molar-refractivity contribution in [3.8, 4) is 0 Å². The molecular weight excluding hydrogens is 252 g/mol. The van der Waals surface area contributed by atoms with Gasteiger partial charge in [-0.05, 0) is 51.4 Å². The summed E-state index contributed by atoms with van der Waals surface area (Å²) in [5.74, 6) is 0. The van der Waals surface area contributed by atoms with E-state index in [-0.39, 0.29) is 0 Å². The summed E-state index contributed by atoms with van der Waals surface area (Å²) in [7, 11) is 0. The van der Waals surface area contributed by atoms with Crippen molar-refractivity contribution in [3.63, 3.8) is 0 Å². The third-order valence-electron chi connectivity index (χ3n) is 6.81. The molecule has 0 unspecified atom stereocenters. The first kappa shape index (κ1) is 11.4. The highest BCUT2D eigenvalue weighted by molar-refractivity contribution is 5.06. The zero-order valence-corrected chi connectivity index (χ0v) is 12.0. The summed E-state index contributed by atoms with van der Waals surface area (Å²) >= 11 is 0. The number of fused-ring (bicyclic) bond motifs is 1. The van der Waals surface area contributed by atoms with Crippen molar-refractivity contribution in [2.24, 2.45) is 0 Å². The van der Waals surface area contributed by atoms with E-state index in [4.69, 9.17) is 9.47 Å². The lowest BCUT2D eigenvalue weighted by Gasteiger charge is -2.66. The van der Waals surface area contributed by atoms with Crippen molar-refractivity contribution >= 4 is 0 Å². The molecule has 8 bridgehead atoms. The molecule has 8 heterocycles. The summed E-state index contributed by atoms with van der Waals surface area (Å²) in [6, 6.07) is 3.13. The summed E-state index contributed by atoms with van der Waals surface area (Å²) in [6.07, 6.45) is 12.6. The van der Waals surface area contributed by atoms with Gasteiger partial charge in [-0.2, -0.15) is 0 Å². The highest BCUT2D eigenvalue weighted by Gasteiger charge is 2.56. The lowest BCUT2D eigenvalue weighted by molar-refractivity contribution is -0.303. The van der Waals surface area contributed by atoms with E-state index in [1.165, 1.54) is 51.4 Å². The van der Waals surface area contributed by atoms with Crippen LogP contribution in [0.4, 0.5) is 0 Å². The van der Waals surface area contributed by atoms with Gasteiger partial charge >= 0.3 is 0 Å². The van der Waals surface area contributed by atoms with E-state index in [1.807, 2.05) is 0 Å². The Morgan fingerprint density at radius 2 is 0.700 bits per heavy atom. The summed E-state index contributed by atoms with van der Waals surface area (Å²) < 4.78 is 12.2. The fourth-order valence-electron chi connectivity index (χ4n) is 6.40. The van der Waals surface area contributed by atoms with Crippen LogP contribution in [-0.2, 0) is 9.47 Å². The van der Waals surface area contributed by atoms with E-state index < -0.39 is 0 Å². The molecule has 8 saturated heterocycles. The fraction of sp³-hybridized carbons (Fsp3) is 1.00. The Balaban J connectivity index is 1.34. The molecule has 20 heavy (non-hydrogen) atoms. The van der Waals surface area contributed by atoms with E-state index in [1.54, 1.807) is 0 Å². The van der Waals surface area contributed by atoms with Crippen molar-refractivity contribution in [3.05, 3.63) is 0 Å². The summed E-state index contributed by atoms with van der Waals surface area (Å²) in [4.78, 5) is 0. The first-order chi connectivity index (χ1) is 9.83. The van der Waals surface area contributed by atoms with Gasteiger partial charge in [0.25, 0.3) is 0 Å². The summed E-state index contributed by atoms with van der Waals surface area (Å²) in [5.41, 5.74) is 0. The minimum atomic E-state index is 0.579. The van der Waals surface area contributed by atoms with Crippen molar-refractivity contribution in [2.45, 2.75) is 99.9 Å².